The first-order valence-corrected chi connectivity index (χ1v) is 7.52. The highest BCUT2D eigenvalue weighted by atomic mass is 14.9. The van der Waals surface area contributed by atoms with Crippen LogP contribution in [-0.4, -0.2) is 12.6 Å². The molecular formula is C16H21N2+. The topological polar surface area (TPSA) is 16.4 Å². The van der Waals surface area contributed by atoms with Gasteiger partial charge in [-0.15, -0.1) is 0 Å². The molecule has 2 nitrogen and oxygen atoms in total. The molecule has 1 N–H and O–H groups in total. The Bertz CT molecular complexity index is 471. The zero-order chi connectivity index (χ0) is 11.9. The van der Waals surface area contributed by atoms with Gasteiger partial charge in [0.15, 0.2) is 6.04 Å². The standard InChI is InChI=1S/C16H20N2/c1-2-4-12(5-3-1)18-10-17-9-11-8-15-13-6-7-14(13)16(11)15/h6-7,11-14H,1-5,8-9H2/p+1. The van der Waals surface area contributed by atoms with Crippen molar-refractivity contribution in [3.8, 4) is 6.19 Å². The van der Waals surface area contributed by atoms with Crippen LogP contribution in [0.4, 0.5) is 0 Å². The van der Waals surface area contributed by atoms with Crippen molar-refractivity contribution in [1.82, 2.24) is 5.32 Å². The zero-order valence-electron chi connectivity index (χ0n) is 10.9. The normalized spacial score (nSPS) is 36.3. The van der Waals surface area contributed by atoms with Gasteiger partial charge < -0.3 is 0 Å². The van der Waals surface area contributed by atoms with E-state index in [2.05, 4.69) is 28.5 Å². The highest BCUT2D eigenvalue weighted by Crippen LogP contribution is 2.60. The van der Waals surface area contributed by atoms with E-state index < -0.39 is 0 Å². The molecule has 4 aliphatic carbocycles. The highest BCUT2D eigenvalue weighted by Gasteiger charge is 2.51. The molecule has 0 aliphatic heterocycles. The summed E-state index contributed by atoms with van der Waals surface area (Å²) in [4.78, 5) is 4.53. The maximum Gasteiger partial charge on any atom is 0.368 e. The Hall–Kier alpha value is -1.23. The van der Waals surface area contributed by atoms with E-state index in [1.807, 2.05) is 0 Å². The summed E-state index contributed by atoms with van der Waals surface area (Å²) in [7, 11) is 0. The van der Waals surface area contributed by atoms with Gasteiger partial charge in [-0.2, -0.15) is 4.85 Å². The summed E-state index contributed by atoms with van der Waals surface area (Å²) in [5.41, 5.74) is 3.49. The van der Waals surface area contributed by atoms with Gasteiger partial charge in [-0.3, -0.25) is 0 Å². The van der Waals surface area contributed by atoms with Crippen molar-refractivity contribution in [3.63, 3.8) is 0 Å². The summed E-state index contributed by atoms with van der Waals surface area (Å²) in [6.07, 6.45) is 15.8. The maximum atomic E-state index is 4.53. The SMILES string of the molecule is C(#[N+]C1CCCCC1)NCC1CC2=C1C1C=CC21. The zero-order valence-corrected chi connectivity index (χ0v) is 10.9. The lowest BCUT2D eigenvalue weighted by molar-refractivity contribution is 0.297. The second-order valence-corrected chi connectivity index (χ2v) is 6.23. The predicted octanol–water partition coefficient (Wildman–Crippen LogP) is 3.33. The third kappa shape index (κ3) is 1.53. The van der Waals surface area contributed by atoms with Gasteiger partial charge in [0.05, 0.1) is 6.54 Å². The first kappa shape index (κ1) is 10.7. The van der Waals surface area contributed by atoms with Crippen molar-refractivity contribution in [2.75, 3.05) is 6.54 Å². The number of hydrogen-bond donors (Lipinski definition) is 1. The van der Waals surface area contributed by atoms with Crippen molar-refractivity contribution in [3.05, 3.63) is 28.1 Å². The quantitative estimate of drug-likeness (QED) is 0.445. The summed E-state index contributed by atoms with van der Waals surface area (Å²) in [6.45, 7) is 1.05. The van der Waals surface area contributed by atoms with Gasteiger partial charge in [0.25, 0.3) is 0 Å². The molecule has 0 bridgehead atoms. The summed E-state index contributed by atoms with van der Waals surface area (Å²) in [5, 5.41) is 3.30. The average molecular weight is 241 g/mol. The van der Waals surface area contributed by atoms with Crippen LogP contribution in [0.3, 0.4) is 0 Å². The Labute approximate surface area is 109 Å². The van der Waals surface area contributed by atoms with Gasteiger partial charge in [-0.1, -0.05) is 29.7 Å². The Morgan fingerprint density at radius 2 is 2.00 bits per heavy atom. The molecular weight excluding hydrogens is 220 g/mol. The maximum absolute atomic E-state index is 4.53. The monoisotopic (exact) mass is 241 g/mol. The van der Waals surface area contributed by atoms with Gasteiger partial charge in [0.1, 0.15) is 0 Å². The lowest BCUT2D eigenvalue weighted by Gasteiger charge is -2.55. The van der Waals surface area contributed by atoms with Gasteiger partial charge in [0, 0.05) is 30.6 Å². The van der Waals surface area contributed by atoms with E-state index in [0.717, 1.165) is 24.3 Å². The van der Waals surface area contributed by atoms with Crippen LogP contribution in [0, 0.1) is 23.9 Å². The lowest BCUT2D eigenvalue weighted by atomic mass is 9.49. The third-order valence-corrected chi connectivity index (χ3v) is 5.20. The first-order chi connectivity index (χ1) is 8.93. The van der Waals surface area contributed by atoms with E-state index in [-0.39, 0.29) is 0 Å². The molecule has 0 heterocycles. The molecule has 0 saturated heterocycles. The van der Waals surface area contributed by atoms with Crippen LogP contribution in [-0.2, 0) is 0 Å². The van der Waals surface area contributed by atoms with Crippen LogP contribution in [0.15, 0.2) is 23.3 Å². The number of rotatable bonds is 2. The molecule has 18 heavy (non-hydrogen) atoms. The minimum absolute atomic E-state index is 0.546. The Balaban J connectivity index is 1.24. The predicted molar refractivity (Wildman–Crippen MR) is 73.4 cm³/mol. The van der Waals surface area contributed by atoms with Gasteiger partial charge >= 0.3 is 6.19 Å². The van der Waals surface area contributed by atoms with E-state index in [1.54, 1.807) is 11.1 Å². The molecule has 0 radical (unpaired) electrons. The second-order valence-electron chi connectivity index (χ2n) is 6.23. The van der Waals surface area contributed by atoms with Crippen LogP contribution in [0.25, 0.3) is 4.85 Å². The Morgan fingerprint density at radius 1 is 1.17 bits per heavy atom. The molecule has 1 saturated carbocycles. The molecule has 0 aromatic heterocycles. The molecule has 3 atom stereocenters. The van der Waals surface area contributed by atoms with Crippen LogP contribution in [0.1, 0.15) is 38.5 Å². The minimum Gasteiger partial charge on any atom is -0.222 e. The fourth-order valence-corrected chi connectivity index (χ4v) is 4.00. The molecule has 0 spiro atoms. The largest absolute Gasteiger partial charge is 0.368 e. The number of nitrogens with zero attached hydrogens (tertiary/aromatic N) is 1. The van der Waals surface area contributed by atoms with Gasteiger partial charge in [0.2, 0.25) is 0 Å². The van der Waals surface area contributed by atoms with E-state index >= 15 is 0 Å². The van der Waals surface area contributed by atoms with E-state index in [4.69, 9.17) is 0 Å². The molecule has 3 unspecified atom stereocenters. The lowest BCUT2D eigenvalue weighted by Crippen LogP contribution is -2.47. The second kappa shape index (κ2) is 4.16. The van der Waals surface area contributed by atoms with Gasteiger partial charge in [-0.25, -0.2) is 5.32 Å². The molecule has 1 fully saturated rings. The molecule has 0 aromatic rings. The highest BCUT2D eigenvalue weighted by molar-refractivity contribution is 5.53. The van der Waals surface area contributed by atoms with Crippen LogP contribution in [0.5, 0.6) is 0 Å². The van der Waals surface area contributed by atoms with Crippen LogP contribution < -0.4 is 5.32 Å². The Morgan fingerprint density at radius 3 is 2.72 bits per heavy atom. The van der Waals surface area contributed by atoms with Crippen molar-refractivity contribution < 1.29 is 0 Å². The Kier molecular flexibility index (Phi) is 2.46. The third-order valence-electron chi connectivity index (χ3n) is 5.20. The van der Waals surface area contributed by atoms with E-state index in [9.17, 15) is 0 Å². The number of allylic oxidation sites excluding steroid dienone is 3. The summed E-state index contributed by atoms with van der Waals surface area (Å²) >= 11 is 0. The fourth-order valence-electron chi connectivity index (χ4n) is 4.00. The fraction of sp³-hybridized carbons (Fsp3) is 0.688. The van der Waals surface area contributed by atoms with Crippen LogP contribution >= 0.6 is 0 Å². The molecule has 0 amide bonds. The van der Waals surface area contributed by atoms with Gasteiger partial charge in [-0.05, 0) is 19.3 Å². The minimum atomic E-state index is 0.546. The molecule has 2 heteroatoms. The number of fused-ring (bicyclic) bond motifs is 3. The van der Waals surface area contributed by atoms with Crippen LogP contribution in [0.2, 0.25) is 0 Å². The number of nitrogens with one attached hydrogen (secondary N) is 1. The molecule has 4 aliphatic rings. The molecule has 94 valence electrons. The molecule has 0 aromatic carbocycles. The average Bonchev–Trinajstić information content (AvgIpc) is 2.38. The summed E-state index contributed by atoms with van der Waals surface area (Å²) in [5.74, 6) is 2.47. The number of hydrogen-bond acceptors (Lipinski definition) is 1. The first-order valence-electron chi connectivity index (χ1n) is 7.52. The summed E-state index contributed by atoms with van der Waals surface area (Å²) in [6, 6.07) is 0.546. The smallest absolute Gasteiger partial charge is 0.222 e. The molecule has 4 rings (SSSR count). The van der Waals surface area contributed by atoms with Crippen molar-refractivity contribution in [2.45, 2.75) is 44.6 Å². The van der Waals surface area contributed by atoms with E-state index in [0.29, 0.717) is 6.04 Å². The van der Waals surface area contributed by atoms with Crippen molar-refractivity contribution in [1.29, 1.82) is 0 Å². The summed E-state index contributed by atoms with van der Waals surface area (Å²) < 4.78 is 0. The van der Waals surface area contributed by atoms with E-state index in [1.165, 1.54) is 38.5 Å². The van der Waals surface area contributed by atoms with Crippen molar-refractivity contribution >= 4 is 0 Å². The van der Waals surface area contributed by atoms with Crippen molar-refractivity contribution in [2.24, 2.45) is 17.8 Å².